The van der Waals surface area contributed by atoms with E-state index in [9.17, 15) is 0 Å². The zero-order valence-corrected chi connectivity index (χ0v) is 14.3. The van der Waals surface area contributed by atoms with Crippen LogP contribution in [0.1, 0.15) is 33.4 Å². The van der Waals surface area contributed by atoms with Gasteiger partial charge in [-0.05, 0) is 49.9 Å². The molecule has 0 heterocycles. The summed E-state index contributed by atoms with van der Waals surface area (Å²) in [6.07, 6.45) is 0. The molecule has 0 radical (unpaired) electrons. The Bertz CT molecular complexity index is 608. The van der Waals surface area contributed by atoms with Gasteiger partial charge in [0, 0.05) is 26.2 Å². The molecule has 2 aromatic carbocycles. The SMILES string of the molecule is Cc1cccc(CN(CCN)Cc2c(C)cc(C)cc2C)c1. The van der Waals surface area contributed by atoms with Crippen molar-refractivity contribution < 1.29 is 0 Å². The molecule has 0 aliphatic heterocycles. The van der Waals surface area contributed by atoms with E-state index in [0.29, 0.717) is 6.54 Å². The number of rotatable bonds is 6. The average molecular weight is 296 g/mol. The third kappa shape index (κ3) is 4.43. The van der Waals surface area contributed by atoms with E-state index in [4.69, 9.17) is 5.73 Å². The van der Waals surface area contributed by atoms with Crippen LogP contribution in [-0.2, 0) is 13.1 Å². The van der Waals surface area contributed by atoms with Gasteiger partial charge in [-0.15, -0.1) is 0 Å². The third-order valence-corrected chi connectivity index (χ3v) is 4.16. The Hall–Kier alpha value is -1.64. The molecule has 0 saturated carbocycles. The molecule has 0 unspecified atom stereocenters. The number of aryl methyl sites for hydroxylation is 4. The van der Waals surface area contributed by atoms with Gasteiger partial charge in [0.15, 0.2) is 0 Å². The van der Waals surface area contributed by atoms with Crippen LogP contribution in [0, 0.1) is 27.7 Å². The molecule has 2 heteroatoms. The molecule has 0 aliphatic rings. The van der Waals surface area contributed by atoms with Gasteiger partial charge in [-0.25, -0.2) is 0 Å². The fraction of sp³-hybridized carbons (Fsp3) is 0.400. The van der Waals surface area contributed by atoms with E-state index in [1.54, 1.807) is 0 Å². The zero-order valence-electron chi connectivity index (χ0n) is 14.3. The highest BCUT2D eigenvalue weighted by atomic mass is 15.1. The molecule has 0 fully saturated rings. The van der Waals surface area contributed by atoms with Crippen LogP contribution in [0.4, 0.5) is 0 Å². The van der Waals surface area contributed by atoms with Crippen molar-refractivity contribution in [1.29, 1.82) is 0 Å². The van der Waals surface area contributed by atoms with Crippen LogP contribution in [0.3, 0.4) is 0 Å². The van der Waals surface area contributed by atoms with Gasteiger partial charge in [-0.1, -0.05) is 47.5 Å². The minimum atomic E-state index is 0.690. The molecular weight excluding hydrogens is 268 g/mol. The molecule has 0 aliphatic carbocycles. The van der Waals surface area contributed by atoms with Crippen LogP contribution < -0.4 is 5.73 Å². The van der Waals surface area contributed by atoms with Gasteiger partial charge in [-0.2, -0.15) is 0 Å². The Balaban J connectivity index is 2.19. The van der Waals surface area contributed by atoms with Gasteiger partial charge >= 0.3 is 0 Å². The van der Waals surface area contributed by atoms with Crippen molar-refractivity contribution in [3.05, 3.63) is 69.8 Å². The number of nitrogens with two attached hydrogens (primary N) is 1. The minimum Gasteiger partial charge on any atom is -0.329 e. The molecule has 0 bridgehead atoms. The van der Waals surface area contributed by atoms with Crippen LogP contribution in [0.2, 0.25) is 0 Å². The Morgan fingerprint density at radius 3 is 2.14 bits per heavy atom. The first-order valence-electron chi connectivity index (χ1n) is 8.04. The lowest BCUT2D eigenvalue weighted by molar-refractivity contribution is 0.263. The molecule has 0 saturated heterocycles. The van der Waals surface area contributed by atoms with E-state index in [1.807, 2.05) is 0 Å². The second kappa shape index (κ2) is 7.57. The highest BCUT2D eigenvalue weighted by Crippen LogP contribution is 2.19. The van der Waals surface area contributed by atoms with E-state index in [0.717, 1.165) is 19.6 Å². The summed E-state index contributed by atoms with van der Waals surface area (Å²) >= 11 is 0. The maximum Gasteiger partial charge on any atom is 0.0243 e. The monoisotopic (exact) mass is 296 g/mol. The summed E-state index contributed by atoms with van der Waals surface area (Å²) in [4.78, 5) is 2.44. The zero-order chi connectivity index (χ0) is 16.1. The second-order valence-corrected chi connectivity index (χ2v) is 6.37. The van der Waals surface area contributed by atoms with Crippen LogP contribution in [0.5, 0.6) is 0 Å². The third-order valence-electron chi connectivity index (χ3n) is 4.16. The predicted octanol–water partition coefficient (Wildman–Crippen LogP) is 3.88. The van der Waals surface area contributed by atoms with Crippen molar-refractivity contribution in [2.24, 2.45) is 5.73 Å². The van der Waals surface area contributed by atoms with Crippen LogP contribution >= 0.6 is 0 Å². The van der Waals surface area contributed by atoms with Gasteiger partial charge in [-0.3, -0.25) is 4.90 Å². The molecular formula is C20H28N2. The number of hydrogen-bond donors (Lipinski definition) is 1. The second-order valence-electron chi connectivity index (χ2n) is 6.37. The van der Waals surface area contributed by atoms with Crippen LogP contribution in [0.25, 0.3) is 0 Å². The molecule has 0 atom stereocenters. The molecule has 2 nitrogen and oxygen atoms in total. The first-order valence-corrected chi connectivity index (χ1v) is 8.04. The largest absolute Gasteiger partial charge is 0.329 e. The molecule has 22 heavy (non-hydrogen) atoms. The van der Waals surface area contributed by atoms with E-state index < -0.39 is 0 Å². The van der Waals surface area contributed by atoms with Crippen LogP contribution in [-0.4, -0.2) is 18.0 Å². The summed E-state index contributed by atoms with van der Waals surface area (Å²) in [6, 6.07) is 13.3. The standard InChI is InChI=1S/C20H28N2/c1-15-6-5-7-19(12-15)13-22(9-8-21)14-20-17(3)10-16(2)11-18(20)4/h5-7,10-12H,8-9,13-14,21H2,1-4H3. The highest BCUT2D eigenvalue weighted by Gasteiger charge is 2.11. The van der Waals surface area contributed by atoms with Crippen molar-refractivity contribution >= 4 is 0 Å². The first kappa shape index (κ1) is 16.7. The van der Waals surface area contributed by atoms with Crippen molar-refractivity contribution in [3.63, 3.8) is 0 Å². The van der Waals surface area contributed by atoms with Crippen molar-refractivity contribution in [3.8, 4) is 0 Å². The van der Waals surface area contributed by atoms with Crippen molar-refractivity contribution in [2.75, 3.05) is 13.1 Å². The Morgan fingerprint density at radius 1 is 0.864 bits per heavy atom. The van der Waals surface area contributed by atoms with Gasteiger partial charge < -0.3 is 5.73 Å². The summed E-state index contributed by atoms with van der Waals surface area (Å²) in [5.41, 5.74) is 14.0. The topological polar surface area (TPSA) is 29.3 Å². The summed E-state index contributed by atoms with van der Waals surface area (Å²) in [7, 11) is 0. The molecule has 2 N–H and O–H groups in total. The Kier molecular flexibility index (Phi) is 5.76. The average Bonchev–Trinajstić information content (AvgIpc) is 2.43. The fourth-order valence-electron chi connectivity index (χ4n) is 3.15. The Morgan fingerprint density at radius 2 is 1.55 bits per heavy atom. The fourth-order valence-corrected chi connectivity index (χ4v) is 3.15. The lowest BCUT2D eigenvalue weighted by Crippen LogP contribution is -2.29. The first-order chi connectivity index (χ1) is 10.5. The molecule has 118 valence electrons. The van der Waals surface area contributed by atoms with E-state index in [1.165, 1.54) is 33.4 Å². The quantitative estimate of drug-likeness (QED) is 0.876. The van der Waals surface area contributed by atoms with Gasteiger partial charge in [0.05, 0.1) is 0 Å². The summed E-state index contributed by atoms with van der Waals surface area (Å²) in [5, 5.41) is 0. The normalized spacial score (nSPS) is 11.2. The minimum absolute atomic E-state index is 0.690. The maximum atomic E-state index is 5.83. The van der Waals surface area contributed by atoms with Crippen LogP contribution in [0.15, 0.2) is 36.4 Å². The molecule has 0 amide bonds. The predicted molar refractivity (Wildman–Crippen MR) is 95.0 cm³/mol. The lowest BCUT2D eigenvalue weighted by Gasteiger charge is -2.24. The summed E-state index contributed by atoms with van der Waals surface area (Å²) < 4.78 is 0. The number of hydrogen-bond acceptors (Lipinski definition) is 2. The number of benzene rings is 2. The summed E-state index contributed by atoms with van der Waals surface area (Å²) in [5.74, 6) is 0. The van der Waals surface area contributed by atoms with Crippen molar-refractivity contribution in [2.45, 2.75) is 40.8 Å². The van der Waals surface area contributed by atoms with E-state index in [-0.39, 0.29) is 0 Å². The lowest BCUT2D eigenvalue weighted by atomic mass is 9.99. The van der Waals surface area contributed by atoms with Gasteiger partial charge in [0.25, 0.3) is 0 Å². The number of nitrogens with zero attached hydrogens (tertiary/aromatic N) is 1. The molecule has 2 rings (SSSR count). The smallest absolute Gasteiger partial charge is 0.0243 e. The summed E-state index contributed by atoms with van der Waals surface area (Å²) in [6.45, 7) is 12.2. The van der Waals surface area contributed by atoms with E-state index >= 15 is 0 Å². The highest BCUT2D eigenvalue weighted by molar-refractivity contribution is 5.37. The van der Waals surface area contributed by atoms with E-state index in [2.05, 4.69) is 69.0 Å². The molecule has 0 spiro atoms. The Labute approximate surface area is 135 Å². The molecule has 0 aromatic heterocycles. The maximum absolute atomic E-state index is 5.83. The molecule has 2 aromatic rings. The van der Waals surface area contributed by atoms with Gasteiger partial charge in [0.2, 0.25) is 0 Å². The van der Waals surface area contributed by atoms with Gasteiger partial charge in [0.1, 0.15) is 0 Å². The van der Waals surface area contributed by atoms with Crippen molar-refractivity contribution in [1.82, 2.24) is 4.90 Å².